The summed E-state index contributed by atoms with van der Waals surface area (Å²) in [6.07, 6.45) is 1.17. The van der Waals surface area contributed by atoms with E-state index in [1.807, 2.05) is 35.8 Å². The van der Waals surface area contributed by atoms with Gasteiger partial charge in [0.25, 0.3) is 0 Å². The summed E-state index contributed by atoms with van der Waals surface area (Å²) in [5, 5.41) is 9.98. The third-order valence-corrected chi connectivity index (χ3v) is 2.91. The molecule has 2 atom stereocenters. The Balaban J connectivity index is 1.90. The minimum atomic E-state index is -0.558. The van der Waals surface area contributed by atoms with E-state index in [9.17, 15) is 5.11 Å². The molecular weight excluding hydrogens is 244 g/mol. The van der Waals surface area contributed by atoms with Crippen LogP contribution in [0.5, 0.6) is 0 Å². The third-order valence-electron chi connectivity index (χ3n) is 2.91. The van der Waals surface area contributed by atoms with Crippen LogP contribution in [-0.4, -0.2) is 47.2 Å². The Hall–Kier alpha value is -1.43. The highest BCUT2D eigenvalue weighted by molar-refractivity contribution is 5.74. The number of hydrogen-bond acceptors (Lipinski definition) is 4. The SMILES string of the molecule is COCC(C)OCC(O)Cn1cnc2ccccc21. The van der Waals surface area contributed by atoms with Crippen molar-refractivity contribution in [2.24, 2.45) is 0 Å². The maximum atomic E-state index is 9.98. The number of methoxy groups -OCH3 is 1. The molecule has 1 aromatic heterocycles. The van der Waals surface area contributed by atoms with E-state index >= 15 is 0 Å². The number of aromatic nitrogens is 2. The molecule has 1 heterocycles. The summed E-state index contributed by atoms with van der Waals surface area (Å²) in [5.41, 5.74) is 1.95. The van der Waals surface area contributed by atoms with Crippen LogP contribution in [0.25, 0.3) is 11.0 Å². The first-order valence-corrected chi connectivity index (χ1v) is 6.39. The summed E-state index contributed by atoms with van der Waals surface area (Å²) in [6.45, 7) is 3.21. The van der Waals surface area contributed by atoms with Crippen molar-refractivity contribution in [3.63, 3.8) is 0 Å². The van der Waals surface area contributed by atoms with Gasteiger partial charge in [-0.1, -0.05) is 12.1 Å². The maximum absolute atomic E-state index is 9.98. The van der Waals surface area contributed by atoms with Crippen molar-refractivity contribution < 1.29 is 14.6 Å². The van der Waals surface area contributed by atoms with E-state index in [1.165, 1.54) is 0 Å². The second kappa shape index (κ2) is 6.65. The van der Waals surface area contributed by atoms with Gasteiger partial charge in [0.05, 0.1) is 49.3 Å². The van der Waals surface area contributed by atoms with Crippen LogP contribution in [0.15, 0.2) is 30.6 Å². The first-order chi connectivity index (χ1) is 9.20. The molecule has 1 N–H and O–H groups in total. The number of imidazole rings is 1. The summed E-state index contributed by atoms with van der Waals surface area (Å²) in [6, 6.07) is 7.86. The highest BCUT2D eigenvalue weighted by Crippen LogP contribution is 2.12. The van der Waals surface area contributed by atoms with E-state index in [-0.39, 0.29) is 12.7 Å². The van der Waals surface area contributed by atoms with Gasteiger partial charge in [-0.2, -0.15) is 0 Å². The van der Waals surface area contributed by atoms with Crippen LogP contribution >= 0.6 is 0 Å². The number of hydrogen-bond donors (Lipinski definition) is 1. The van der Waals surface area contributed by atoms with E-state index in [2.05, 4.69) is 4.98 Å². The highest BCUT2D eigenvalue weighted by atomic mass is 16.5. The van der Waals surface area contributed by atoms with E-state index < -0.39 is 6.10 Å². The van der Waals surface area contributed by atoms with Crippen molar-refractivity contribution in [1.82, 2.24) is 9.55 Å². The number of benzene rings is 1. The minimum Gasteiger partial charge on any atom is -0.389 e. The zero-order valence-corrected chi connectivity index (χ0v) is 11.3. The quantitative estimate of drug-likeness (QED) is 0.822. The molecule has 2 rings (SSSR count). The molecule has 0 bridgehead atoms. The molecule has 0 aliphatic rings. The second-order valence-electron chi connectivity index (χ2n) is 4.64. The number of para-hydroxylation sites is 2. The number of aliphatic hydroxyl groups excluding tert-OH is 1. The van der Waals surface area contributed by atoms with Gasteiger partial charge in [-0.3, -0.25) is 0 Å². The summed E-state index contributed by atoms with van der Waals surface area (Å²) < 4.78 is 12.4. The molecule has 0 aliphatic heterocycles. The maximum Gasteiger partial charge on any atom is 0.0959 e. The molecule has 2 unspecified atom stereocenters. The molecule has 2 aromatic rings. The Morgan fingerprint density at radius 2 is 2.11 bits per heavy atom. The van der Waals surface area contributed by atoms with Crippen LogP contribution in [0.2, 0.25) is 0 Å². The molecule has 0 spiro atoms. The Morgan fingerprint density at radius 3 is 2.89 bits per heavy atom. The molecule has 0 fully saturated rings. The fourth-order valence-corrected chi connectivity index (χ4v) is 1.99. The lowest BCUT2D eigenvalue weighted by Crippen LogP contribution is -2.26. The molecule has 0 aliphatic carbocycles. The van der Waals surface area contributed by atoms with E-state index in [0.29, 0.717) is 13.2 Å². The molecule has 1 aromatic carbocycles. The van der Waals surface area contributed by atoms with Crippen molar-refractivity contribution in [2.45, 2.75) is 25.7 Å². The van der Waals surface area contributed by atoms with Crippen molar-refractivity contribution >= 4 is 11.0 Å². The van der Waals surface area contributed by atoms with Crippen LogP contribution < -0.4 is 0 Å². The molecule has 104 valence electrons. The van der Waals surface area contributed by atoms with Crippen molar-refractivity contribution in [3.05, 3.63) is 30.6 Å². The number of ether oxygens (including phenoxy) is 2. The summed E-state index contributed by atoms with van der Waals surface area (Å²) in [5.74, 6) is 0. The van der Waals surface area contributed by atoms with Gasteiger partial charge in [0, 0.05) is 7.11 Å². The van der Waals surface area contributed by atoms with Crippen molar-refractivity contribution in [2.75, 3.05) is 20.3 Å². The van der Waals surface area contributed by atoms with Gasteiger partial charge in [0.2, 0.25) is 0 Å². The van der Waals surface area contributed by atoms with Gasteiger partial charge in [0.1, 0.15) is 0 Å². The molecule has 5 heteroatoms. The van der Waals surface area contributed by atoms with Gasteiger partial charge in [-0.15, -0.1) is 0 Å². The van der Waals surface area contributed by atoms with E-state index in [0.717, 1.165) is 11.0 Å². The van der Waals surface area contributed by atoms with Crippen LogP contribution in [0.1, 0.15) is 6.92 Å². The first kappa shape index (κ1) is 14.0. The molecule has 0 radical (unpaired) electrons. The number of fused-ring (bicyclic) bond motifs is 1. The lowest BCUT2D eigenvalue weighted by Gasteiger charge is -2.16. The van der Waals surface area contributed by atoms with Gasteiger partial charge >= 0.3 is 0 Å². The van der Waals surface area contributed by atoms with E-state index in [1.54, 1.807) is 13.4 Å². The van der Waals surface area contributed by atoms with Crippen LogP contribution in [-0.2, 0) is 16.0 Å². The van der Waals surface area contributed by atoms with Crippen LogP contribution in [0.3, 0.4) is 0 Å². The normalized spacial score (nSPS) is 14.7. The first-order valence-electron chi connectivity index (χ1n) is 6.39. The van der Waals surface area contributed by atoms with Crippen LogP contribution in [0, 0.1) is 0 Å². The van der Waals surface area contributed by atoms with Crippen molar-refractivity contribution in [1.29, 1.82) is 0 Å². The molecule has 5 nitrogen and oxygen atoms in total. The highest BCUT2D eigenvalue weighted by Gasteiger charge is 2.10. The Bertz CT molecular complexity index is 512. The molecule has 0 saturated heterocycles. The monoisotopic (exact) mass is 264 g/mol. The average molecular weight is 264 g/mol. The summed E-state index contributed by atoms with van der Waals surface area (Å²) in [7, 11) is 1.63. The van der Waals surface area contributed by atoms with Gasteiger partial charge < -0.3 is 19.1 Å². The lowest BCUT2D eigenvalue weighted by atomic mass is 10.3. The fourth-order valence-electron chi connectivity index (χ4n) is 1.99. The van der Waals surface area contributed by atoms with Gasteiger partial charge in [0.15, 0.2) is 0 Å². The Morgan fingerprint density at radius 1 is 1.32 bits per heavy atom. The van der Waals surface area contributed by atoms with Gasteiger partial charge in [-0.05, 0) is 19.1 Å². The predicted molar refractivity (Wildman–Crippen MR) is 73.0 cm³/mol. The second-order valence-corrected chi connectivity index (χ2v) is 4.64. The standard InChI is InChI=1S/C14H20N2O3/c1-11(8-18-2)19-9-12(17)7-16-10-15-13-5-3-4-6-14(13)16/h3-6,10-12,17H,7-9H2,1-2H3. The number of nitrogens with zero attached hydrogens (tertiary/aromatic N) is 2. The van der Waals surface area contributed by atoms with Crippen molar-refractivity contribution in [3.8, 4) is 0 Å². The molecule has 0 saturated carbocycles. The lowest BCUT2D eigenvalue weighted by molar-refractivity contribution is -0.0353. The Labute approximate surface area is 112 Å². The number of rotatable bonds is 7. The summed E-state index contributed by atoms with van der Waals surface area (Å²) in [4.78, 5) is 4.29. The average Bonchev–Trinajstić information content (AvgIpc) is 2.80. The van der Waals surface area contributed by atoms with E-state index in [4.69, 9.17) is 9.47 Å². The largest absolute Gasteiger partial charge is 0.389 e. The minimum absolute atomic E-state index is 0.0146. The predicted octanol–water partition coefficient (Wildman–Crippen LogP) is 1.45. The van der Waals surface area contributed by atoms with Crippen LogP contribution in [0.4, 0.5) is 0 Å². The molecular formula is C14H20N2O3. The topological polar surface area (TPSA) is 56.5 Å². The zero-order valence-electron chi connectivity index (χ0n) is 11.3. The smallest absolute Gasteiger partial charge is 0.0959 e. The van der Waals surface area contributed by atoms with Gasteiger partial charge in [-0.25, -0.2) is 4.98 Å². The fraction of sp³-hybridized carbons (Fsp3) is 0.500. The zero-order chi connectivity index (χ0) is 13.7. The molecule has 19 heavy (non-hydrogen) atoms. The Kier molecular flexibility index (Phi) is 4.90. The third kappa shape index (κ3) is 3.76. The summed E-state index contributed by atoms with van der Waals surface area (Å²) >= 11 is 0. The number of aliphatic hydroxyl groups is 1. The molecule has 0 amide bonds.